The highest BCUT2D eigenvalue weighted by atomic mass is 35.5. The fourth-order valence-electron chi connectivity index (χ4n) is 2.84. The van der Waals surface area contributed by atoms with Crippen molar-refractivity contribution >= 4 is 23.2 Å². The molecule has 148 valence electrons. The van der Waals surface area contributed by atoms with E-state index in [9.17, 15) is 0 Å². The number of methoxy groups -OCH3 is 1. The Morgan fingerprint density at radius 2 is 2.04 bits per heavy atom. The molecule has 3 rings (SSSR count). The second-order valence-electron chi connectivity index (χ2n) is 6.36. The average Bonchev–Trinajstić information content (AvgIpc) is 3.20. The summed E-state index contributed by atoms with van der Waals surface area (Å²) < 4.78 is 13.4. The van der Waals surface area contributed by atoms with E-state index in [1.807, 2.05) is 48.9 Å². The van der Waals surface area contributed by atoms with E-state index in [1.54, 1.807) is 13.3 Å². The van der Waals surface area contributed by atoms with Crippen LogP contribution in [-0.2, 0) is 19.7 Å². The van der Waals surface area contributed by atoms with Gasteiger partial charge in [-0.3, -0.25) is 0 Å². The third kappa shape index (κ3) is 5.89. The first kappa shape index (κ1) is 20.5. The third-order valence-corrected chi connectivity index (χ3v) is 4.74. The normalized spacial score (nSPS) is 10.8. The van der Waals surface area contributed by atoms with Gasteiger partial charge in [-0.2, -0.15) is 0 Å². The minimum absolute atomic E-state index is 0.364. The van der Waals surface area contributed by atoms with Crippen LogP contribution in [0, 0.1) is 0 Å². The fraction of sp³-hybridized carbons (Fsp3) is 0.286. The number of nitrogens with zero attached hydrogens (tertiary/aromatic N) is 2. The summed E-state index contributed by atoms with van der Waals surface area (Å²) in [7, 11) is 1.61. The van der Waals surface area contributed by atoms with Crippen molar-refractivity contribution in [3.05, 3.63) is 76.3 Å². The van der Waals surface area contributed by atoms with Crippen LogP contribution in [-0.4, -0.2) is 23.2 Å². The Kier molecular flexibility index (Phi) is 7.60. The molecule has 0 aliphatic carbocycles. The second kappa shape index (κ2) is 10.4. The summed E-state index contributed by atoms with van der Waals surface area (Å²) >= 11 is 12.5. The zero-order valence-corrected chi connectivity index (χ0v) is 17.2. The second-order valence-corrected chi connectivity index (χ2v) is 7.20. The lowest BCUT2D eigenvalue weighted by Gasteiger charge is -2.15. The van der Waals surface area contributed by atoms with Gasteiger partial charge < -0.3 is 19.4 Å². The maximum Gasteiger partial charge on any atom is 0.180 e. The molecule has 0 aliphatic heterocycles. The van der Waals surface area contributed by atoms with E-state index in [0.29, 0.717) is 34.7 Å². The summed E-state index contributed by atoms with van der Waals surface area (Å²) in [5.74, 6) is 1.15. The Balaban J connectivity index is 1.54. The van der Waals surface area contributed by atoms with Gasteiger partial charge in [0.05, 0.1) is 18.5 Å². The SMILES string of the molecule is COc1cc(CNCCCn2ccnc2)cc(Cl)c1OCc1cccc(Cl)c1. The van der Waals surface area contributed by atoms with Gasteiger partial charge in [0.2, 0.25) is 0 Å². The van der Waals surface area contributed by atoms with Crippen molar-refractivity contribution in [3.63, 3.8) is 0 Å². The molecule has 0 spiro atoms. The molecule has 0 unspecified atom stereocenters. The van der Waals surface area contributed by atoms with Crippen molar-refractivity contribution < 1.29 is 9.47 Å². The van der Waals surface area contributed by atoms with E-state index in [4.69, 9.17) is 32.7 Å². The van der Waals surface area contributed by atoms with E-state index < -0.39 is 0 Å². The summed E-state index contributed by atoms with van der Waals surface area (Å²) in [4.78, 5) is 4.04. The molecule has 2 aromatic carbocycles. The summed E-state index contributed by atoms with van der Waals surface area (Å²) in [5, 5.41) is 4.62. The van der Waals surface area contributed by atoms with E-state index in [0.717, 1.165) is 30.6 Å². The summed E-state index contributed by atoms with van der Waals surface area (Å²) in [6.07, 6.45) is 6.60. The maximum atomic E-state index is 6.45. The Bertz CT molecular complexity index is 885. The van der Waals surface area contributed by atoms with Gasteiger partial charge in [0, 0.05) is 30.5 Å². The van der Waals surface area contributed by atoms with Crippen molar-refractivity contribution in [1.29, 1.82) is 0 Å². The van der Waals surface area contributed by atoms with Crippen molar-refractivity contribution in [2.45, 2.75) is 26.1 Å². The number of aromatic nitrogens is 2. The van der Waals surface area contributed by atoms with Crippen molar-refractivity contribution in [2.24, 2.45) is 0 Å². The molecule has 0 fully saturated rings. The van der Waals surface area contributed by atoms with Crippen LogP contribution in [0.4, 0.5) is 0 Å². The molecule has 0 bridgehead atoms. The van der Waals surface area contributed by atoms with Crippen LogP contribution in [0.1, 0.15) is 17.5 Å². The number of nitrogens with one attached hydrogen (secondary N) is 1. The quantitative estimate of drug-likeness (QED) is 0.471. The van der Waals surface area contributed by atoms with Gasteiger partial charge >= 0.3 is 0 Å². The first-order chi connectivity index (χ1) is 13.7. The van der Waals surface area contributed by atoms with Gasteiger partial charge in [0.15, 0.2) is 11.5 Å². The monoisotopic (exact) mass is 419 g/mol. The van der Waals surface area contributed by atoms with Crippen LogP contribution in [0.25, 0.3) is 0 Å². The minimum Gasteiger partial charge on any atom is -0.493 e. The first-order valence-electron chi connectivity index (χ1n) is 9.06. The fourth-order valence-corrected chi connectivity index (χ4v) is 3.34. The van der Waals surface area contributed by atoms with Crippen LogP contribution < -0.4 is 14.8 Å². The van der Waals surface area contributed by atoms with Crippen LogP contribution in [0.15, 0.2) is 55.1 Å². The largest absolute Gasteiger partial charge is 0.493 e. The summed E-state index contributed by atoms with van der Waals surface area (Å²) in [6, 6.07) is 11.4. The molecular formula is C21H23Cl2N3O2. The molecular weight excluding hydrogens is 397 g/mol. The number of rotatable bonds is 10. The molecule has 3 aromatic rings. The first-order valence-corrected chi connectivity index (χ1v) is 9.81. The number of hydrogen-bond donors (Lipinski definition) is 1. The lowest BCUT2D eigenvalue weighted by atomic mass is 10.2. The zero-order chi connectivity index (χ0) is 19.8. The highest BCUT2D eigenvalue weighted by Gasteiger charge is 2.12. The predicted octanol–water partition coefficient (Wildman–Crippen LogP) is 4.96. The van der Waals surface area contributed by atoms with Gasteiger partial charge in [0.1, 0.15) is 6.61 Å². The molecule has 1 heterocycles. The molecule has 0 atom stereocenters. The van der Waals surface area contributed by atoms with E-state index in [1.165, 1.54) is 0 Å². The van der Waals surface area contributed by atoms with Crippen LogP contribution >= 0.6 is 23.2 Å². The molecule has 0 amide bonds. The highest BCUT2D eigenvalue weighted by molar-refractivity contribution is 6.32. The Labute approximate surface area is 175 Å². The molecule has 0 radical (unpaired) electrons. The number of benzene rings is 2. The van der Waals surface area contributed by atoms with Crippen molar-refractivity contribution in [2.75, 3.05) is 13.7 Å². The van der Waals surface area contributed by atoms with Crippen LogP contribution in [0.2, 0.25) is 10.0 Å². The Hall–Kier alpha value is -2.21. The molecule has 5 nitrogen and oxygen atoms in total. The topological polar surface area (TPSA) is 48.3 Å². The van der Waals surface area contributed by atoms with Crippen LogP contribution in [0.5, 0.6) is 11.5 Å². The minimum atomic E-state index is 0.364. The van der Waals surface area contributed by atoms with Gasteiger partial charge in [-0.1, -0.05) is 35.3 Å². The van der Waals surface area contributed by atoms with E-state index in [-0.39, 0.29) is 0 Å². The molecule has 0 saturated heterocycles. The lowest BCUT2D eigenvalue weighted by Crippen LogP contribution is -2.16. The molecule has 0 saturated carbocycles. The average molecular weight is 420 g/mol. The third-order valence-electron chi connectivity index (χ3n) is 4.22. The van der Waals surface area contributed by atoms with E-state index >= 15 is 0 Å². The smallest absolute Gasteiger partial charge is 0.180 e. The predicted molar refractivity (Wildman–Crippen MR) is 112 cm³/mol. The van der Waals surface area contributed by atoms with Gasteiger partial charge in [-0.25, -0.2) is 4.98 Å². The number of halogens is 2. The highest BCUT2D eigenvalue weighted by Crippen LogP contribution is 2.37. The Morgan fingerprint density at radius 3 is 2.79 bits per heavy atom. The number of aryl methyl sites for hydroxylation is 1. The Morgan fingerprint density at radius 1 is 1.14 bits per heavy atom. The molecule has 28 heavy (non-hydrogen) atoms. The van der Waals surface area contributed by atoms with Crippen molar-refractivity contribution in [1.82, 2.24) is 14.9 Å². The van der Waals surface area contributed by atoms with Gasteiger partial charge in [0.25, 0.3) is 0 Å². The van der Waals surface area contributed by atoms with E-state index in [2.05, 4.69) is 14.9 Å². The lowest BCUT2D eigenvalue weighted by molar-refractivity contribution is 0.284. The molecule has 1 aromatic heterocycles. The maximum absolute atomic E-state index is 6.45. The van der Waals surface area contributed by atoms with Gasteiger partial charge in [-0.05, 0) is 48.4 Å². The summed E-state index contributed by atoms with van der Waals surface area (Å²) in [6.45, 7) is 2.90. The van der Waals surface area contributed by atoms with Gasteiger partial charge in [-0.15, -0.1) is 0 Å². The number of ether oxygens (including phenoxy) is 2. The van der Waals surface area contributed by atoms with Crippen molar-refractivity contribution in [3.8, 4) is 11.5 Å². The van der Waals surface area contributed by atoms with Crippen LogP contribution in [0.3, 0.4) is 0 Å². The molecule has 1 N–H and O–H groups in total. The molecule has 7 heteroatoms. The summed E-state index contributed by atoms with van der Waals surface area (Å²) in [5.41, 5.74) is 2.01. The zero-order valence-electron chi connectivity index (χ0n) is 15.7. The number of imidazole rings is 1. The standard InChI is InChI=1S/C21H23Cl2N3O2/c1-27-20-12-17(13-24-6-3-8-26-9-7-25-15-26)11-19(23)21(20)28-14-16-4-2-5-18(22)10-16/h2,4-5,7,9-12,15,24H,3,6,8,13-14H2,1H3. The molecule has 0 aliphatic rings. The number of hydrogen-bond acceptors (Lipinski definition) is 4.